The lowest BCUT2D eigenvalue weighted by atomic mass is 9.79. The molecule has 4 unspecified atom stereocenters. The van der Waals surface area contributed by atoms with Crippen molar-refractivity contribution in [3.05, 3.63) is 47.5 Å². The highest BCUT2D eigenvalue weighted by Gasteiger charge is 2.39. The van der Waals surface area contributed by atoms with Gasteiger partial charge in [0, 0.05) is 21.5 Å². The van der Waals surface area contributed by atoms with E-state index in [0.29, 0.717) is 58.7 Å². The zero-order valence-corrected chi connectivity index (χ0v) is 27.8. The number of hydrogen-bond donors (Lipinski definition) is 2. The fourth-order valence-corrected chi connectivity index (χ4v) is 7.07. The summed E-state index contributed by atoms with van der Waals surface area (Å²) in [5.41, 5.74) is 1.43. The van der Waals surface area contributed by atoms with E-state index in [2.05, 4.69) is 41.5 Å². The number of esters is 2. The van der Waals surface area contributed by atoms with E-state index in [-0.39, 0.29) is 10.8 Å². The molecule has 0 aromatic heterocycles. The van der Waals surface area contributed by atoms with E-state index in [9.17, 15) is 29.4 Å². The number of carbonyl (C=O) groups is 4. The average Bonchev–Trinajstić information content (AvgIpc) is 3.00. The lowest BCUT2D eigenvalue weighted by Gasteiger charge is -2.29. The van der Waals surface area contributed by atoms with Gasteiger partial charge in [0.25, 0.3) is 0 Å². The van der Waals surface area contributed by atoms with Crippen LogP contribution in [0, 0.1) is 23.7 Å². The monoisotopic (exact) mass is 630 g/mol. The summed E-state index contributed by atoms with van der Waals surface area (Å²) in [5.74, 6) is -5.70. The summed E-state index contributed by atoms with van der Waals surface area (Å²) < 4.78 is 12.5. The first-order valence-corrected chi connectivity index (χ1v) is 16.5. The molecule has 0 radical (unpaired) electrons. The summed E-state index contributed by atoms with van der Waals surface area (Å²) >= 11 is 0. The average molecular weight is 631 g/mol. The van der Waals surface area contributed by atoms with Gasteiger partial charge >= 0.3 is 23.9 Å². The molecule has 46 heavy (non-hydrogen) atoms. The SMILES string of the molecule is CC(C)(C)c1ccc2c(OC(=O)C3CCCCC3C(=O)O)c3cc(C(C)(C)C)ccc3c(OC(=O)C3CCCCC3C(=O)O)c2c1. The van der Waals surface area contributed by atoms with E-state index in [1.165, 1.54) is 0 Å². The Kier molecular flexibility index (Phi) is 9.22. The Bertz CT molecular complexity index is 1560. The first kappa shape index (κ1) is 33.4. The fraction of sp³-hybridized carbons (Fsp3) is 0.526. The zero-order chi connectivity index (χ0) is 33.6. The Balaban J connectivity index is 1.74. The van der Waals surface area contributed by atoms with Gasteiger partial charge in [0.05, 0.1) is 23.7 Å². The van der Waals surface area contributed by atoms with Crippen molar-refractivity contribution in [1.82, 2.24) is 0 Å². The van der Waals surface area contributed by atoms with Crippen LogP contribution in [0.5, 0.6) is 11.5 Å². The summed E-state index contributed by atoms with van der Waals surface area (Å²) in [5, 5.41) is 22.0. The van der Waals surface area contributed by atoms with Crippen LogP contribution in [0.2, 0.25) is 0 Å². The van der Waals surface area contributed by atoms with E-state index < -0.39 is 47.5 Å². The van der Waals surface area contributed by atoms with Crippen LogP contribution < -0.4 is 9.47 Å². The van der Waals surface area contributed by atoms with E-state index in [1.807, 2.05) is 36.4 Å². The van der Waals surface area contributed by atoms with Gasteiger partial charge in [0.2, 0.25) is 0 Å². The fourth-order valence-electron chi connectivity index (χ4n) is 7.07. The molecule has 2 aliphatic carbocycles. The van der Waals surface area contributed by atoms with Crippen molar-refractivity contribution in [3.63, 3.8) is 0 Å². The molecule has 2 saturated carbocycles. The number of benzene rings is 3. The van der Waals surface area contributed by atoms with Crippen molar-refractivity contribution >= 4 is 45.4 Å². The second-order valence-corrected chi connectivity index (χ2v) is 15.2. The summed E-state index contributed by atoms with van der Waals surface area (Å²) in [6, 6.07) is 11.6. The van der Waals surface area contributed by atoms with Crippen molar-refractivity contribution < 1.29 is 38.9 Å². The smallest absolute Gasteiger partial charge is 0.315 e. The molecule has 0 heterocycles. The van der Waals surface area contributed by atoms with Crippen LogP contribution in [-0.2, 0) is 30.0 Å². The molecule has 0 aliphatic heterocycles. The Labute approximate surface area is 270 Å². The van der Waals surface area contributed by atoms with Crippen LogP contribution in [0.15, 0.2) is 36.4 Å². The van der Waals surface area contributed by atoms with Gasteiger partial charge in [-0.25, -0.2) is 0 Å². The van der Waals surface area contributed by atoms with Gasteiger partial charge in [0.15, 0.2) is 0 Å². The predicted octanol–water partition coefficient (Wildman–Crippen LogP) is 8.18. The van der Waals surface area contributed by atoms with Crippen LogP contribution in [0.1, 0.15) is 104 Å². The number of rotatable bonds is 6. The maximum atomic E-state index is 13.8. The molecule has 8 nitrogen and oxygen atoms in total. The van der Waals surface area contributed by atoms with Gasteiger partial charge in [-0.1, -0.05) is 91.5 Å². The minimum atomic E-state index is -0.995. The first-order valence-electron chi connectivity index (χ1n) is 16.5. The zero-order valence-electron chi connectivity index (χ0n) is 27.8. The molecule has 5 rings (SSSR count). The molecule has 0 bridgehead atoms. The number of aliphatic carboxylic acids is 2. The third-order valence-corrected chi connectivity index (χ3v) is 9.93. The van der Waals surface area contributed by atoms with E-state index in [1.54, 1.807) is 0 Å². The van der Waals surface area contributed by atoms with Gasteiger partial charge in [-0.15, -0.1) is 0 Å². The summed E-state index contributed by atoms with van der Waals surface area (Å²) in [6.07, 6.45) is 4.73. The van der Waals surface area contributed by atoms with Gasteiger partial charge in [-0.2, -0.15) is 0 Å². The van der Waals surface area contributed by atoms with E-state index in [0.717, 1.165) is 36.8 Å². The number of ether oxygens (including phenoxy) is 2. The van der Waals surface area contributed by atoms with Gasteiger partial charge in [-0.05, 0) is 59.8 Å². The highest BCUT2D eigenvalue weighted by molar-refractivity contribution is 6.13. The molecule has 3 aromatic carbocycles. The third kappa shape index (κ3) is 6.62. The van der Waals surface area contributed by atoms with Crippen LogP contribution in [0.3, 0.4) is 0 Å². The van der Waals surface area contributed by atoms with Crippen LogP contribution in [-0.4, -0.2) is 34.1 Å². The number of carboxylic acids is 2. The molecule has 3 aromatic rings. The number of fused-ring (bicyclic) bond motifs is 2. The number of carboxylic acid groups (broad SMARTS) is 2. The Morgan fingerprint density at radius 2 is 0.870 bits per heavy atom. The largest absolute Gasteiger partial charge is 0.481 e. The van der Waals surface area contributed by atoms with Crippen molar-refractivity contribution in [2.45, 2.75) is 104 Å². The van der Waals surface area contributed by atoms with E-state index in [4.69, 9.17) is 9.47 Å². The molecule has 246 valence electrons. The normalized spacial score (nSPS) is 22.4. The minimum Gasteiger partial charge on any atom is -0.481 e. The number of carbonyl (C=O) groups excluding carboxylic acids is 2. The minimum absolute atomic E-state index is 0.258. The summed E-state index contributed by atoms with van der Waals surface area (Å²) in [6.45, 7) is 12.5. The lowest BCUT2D eigenvalue weighted by molar-refractivity contribution is -0.154. The molecule has 8 heteroatoms. The molecular weight excluding hydrogens is 584 g/mol. The van der Waals surface area contributed by atoms with Crippen LogP contribution in [0.4, 0.5) is 0 Å². The molecule has 2 fully saturated rings. The highest BCUT2D eigenvalue weighted by atomic mass is 16.5. The second kappa shape index (κ2) is 12.7. The van der Waals surface area contributed by atoms with Gasteiger partial charge in [0.1, 0.15) is 11.5 Å². The van der Waals surface area contributed by atoms with E-state index >= 15 is 0 Å². The standard InChI is InChI=1S/C38H46O8/c1-37(2,3)21-15-17-23-29(19-21)31(45-35(43)27-13-9-7-11-25(27)33(39)40)24-18-16-22(38(4,5)6)20-30(24)32(23)46-36(44)28-14-10-8-12-26(28)34(41)42/h15-20,25-28H,7-14H2,1-6H3,(H,39,40)(H,41,42). The molecule has 2 N–H and O–H groups in total. The second-order valence-electron chi connectivity index (χ2n) is 15.2. The van der Waals surface area contributed by atoms with Crippen molar-refractivity contribution in [2.24, 2.45) is 23.7 Å². The van der Waals surface area contributed by atoms with Crippen molar-refractivity contribution in [3.8, 4) is 11.5 Å². The number of hydrogen-bond acceptors (Lipinski definition) is 6. The molecular formula is C38H46O8. The van der Waals surface area contributed by atoms with Crippen molar-refractivity contribution in [1.29, 1.82) is 0 Å². The van der Waals surface area contributed by atoms with Gasteiger partial charge in [-0.3, -0.25) is 19.2 Å². The van der Waals surface area contributed by atoms with Gasteiger partial charge < -0.3 is 19.7 Å². The summed E-state index contributed by atoms with van der Waals surface area (Å²) in [7, 11) is 0. The van der Waals surface area contributed by atoms with Crippen molar-refractivity contribution in [2.75, 3.05) is 0 Å². The maximum absolute atomic E-state index is 13.8. The Hall–Kier alpha value is -3.94. The highest BCUT2D eigenvalue weighted by Crippen LogP contribution is 2.47. The maximum Gasteiger partial charge on any atom is 0.315 e. The first-order chi connectivity index (χ1) is 21.6. The van der Waals surface area contributed by atoms with Crippen LogP contribution >= 0.6 is 0 Å². The molecule has 2 aliphatic rings. The third-order valence-electron chi connectivity index (χ3n) is 9.93. The van der Waals surface area contributed by atoms with Crippen LogP contribution in [0.25, 0.3) is 21.5 Å². The Morgan fingerprint density at radius 1 is 0.543 bits per heavy atom. The molecule has 0 spiro atoms. The lowest BCUT2D eigenvalue weighted by Crippen LogP contribution is -2.35. The quantitative estimate of drug-likeness (QED) is 0.159. The topological polar surface area (TPSA) is 127 Å². The molecule has 0 saturated heterocycles. The molecule has 4 atom stereocenters. The molecule has 0 amide bonds. The summed E-state index contributed by atoms with van der Waals surface area (Å²) in [4.78, 5) is 51.8. The Morgan fingerprint density at radius 3 is 1.17 bits per heavy atom. The predicted molar refractivity (Wildman–Crippen MR) is 176 cm³/mol.